The molecule has 0 radical (unpaired) electrons. The topological polar surface area (TPSA) is 80.6 Å². The van der Waals surface area contributed by atoms with Crippen molar-refractivity contribution in [2.75, 3.05) is 0 Å². The standard InChI is InChI=1S/C3H2O3.C2H4O2.Li.H/c4-3-5-1-2-6-3;1-2(3)4;;/h1-2H;1H3,(H,3,4);;. The number of carboxylic acids is 1. The average molecular weight is 154 g/mol. The molecule has 1 aromatic rings. The van der Waals surface area contributed by atoms with Crippen molar-refractivity contribution in [3.63, 3.8) is 0 Å². The van der Waals surface area contributed by atoms with Gasteiger partial charge in [-0.15, -0.1) is 0 Å². The van der Waals surface area contributed by atoms with E-state index in [1.165, 1.54) is 12.5 Å². The van der Waals surface area contributed by atoms with E-state index in [0.717, 1.165) is 6.92 Å². The molecule has 0 aliphatic heterocycles. The minimum atomic E-state index is -0.833. The zero-order valence-corrected chi connectivity index (χ0v) is 5.23. The quantitative estimate of drug-likeness (QED) is 0.517. The van der Waals surface area contributed by atoms with E-state index in [1.54, 1.807) is 0 Å². The van der Waals surface area contributed by atoms with Gasteiger partial charge in [0.1, 0.15) is 12.5 Å². The molecule has 0 aliphatic carbocycles. The summed E-state index contributed by atoms with van der Waals surface area (Å²) in [6, 6.07) is 0. The molecule has 1 N–H and O–H groups in total. The normalized spacial score (nSPS) is 7.00. The van der Waals surface area contributed by atoms with Crippen LogP contribution in [0.2, 0.25) is 0 Å². The number of rotatable bonds is 0. The molecule has 0 atom stereocenters. The van der Waals surface area contributed by atoms with E-state index in [1.807, 2.05) is 0 Å². The van der Waals surface area contributed by atoms with Crippen LogP contribution >= 0.6 is 0 Å². The first kappa shape index (κ1) is 12.7. The molecule has 1 aromatic heterocycles. The van der Waals surface area contributed by atoms with Crippen molar-refractivity contribution < 1.29 is 18.7 Å². The molecule has 0 spiro atoms. The first-order valence-corrected chi connectivity index (χ1v) is 2.34. The van der Waals surface area contributed by atoms with Gasteiger partial charge in [-0.1, -0.05) is 0 Å². The maximum absolute atomic E-state index is 9.74. The van der Waals surface area contributed by atoms with Crippen LogP contribution in [0.5, 0.6) is 0 Å². The average Bonchev–Trinajstić information content (AvgIpc) is 2.15. The molecule has 0 bridgehead atoms. The van der Waals surface area contributed by atoms with Crippen LogP contribution in [0, 0.1) is 0 Å². The van der Waals surface area contributed by atoms with Crippen molar-refractivity contribution in [2.24, 2.45) is 0 Å². The predicted molar refractivity (Wildman–Crippen MR) is 37.7 cm³/mol. The van der Waals surface area contributed by atoms with Gasteiger partial charge in [-0.25, -0.2) is 4.79 Å². The fraction of sp³-hybridized carbons (Fsp3) is 0.200. The molecule has 0 saturated heterocycles. The van der Waals surface area contributed by atoms with Gasteiger partial charge in [0.15, 0.2) is 0 Å². The van der Waals surface area contributed by atoms with Gasteiger partial charge in [0.05, 0.1) is 0 Å². The van der Waals surface area contributed by atoms with Gasteiger partial charge >= 0.3 is 24.7 Å². The van der Waals surface area contributed by atoms with E-state index >= 15 is 0 Å². The Morgan fingerprint density at radius 3 is 1.82 bits per heavy atom. The van der Waals surface area contributed by atoms with Crippen LogP contribution < -0.4 is 5.82 Å². The van der Waals surface area contributed by atoms with Crippen molar-refractivity contribution in [2.45, 2.75) is 6.92 Å². The fourth-order valence-electron chi connectivity index (χ4n) is 0.194. The summed E-state index contributed by atoms with van der Waals surface area (Å²) in [5.74, 6) is -1.49. The van der Waals surface area contributed by atoms with Crippen molar-refractivity contribution >= 4 is 24.8 Å². The second kappa shape index (κ2) is 7.19. The molecule has 0 fully saturated rings. The third-order valence-corrected chi connectivity index (χ3v) is 0.384. The molecule has 0 amide bonds. The summed E-state index contributed by atoms with van der Waals surface area (Å²) in [4.78, 5) is 18.7. The molecule has 0 aliphatic rings. The Hall–Kier alpha value is -0.923. The summed E-state index contributed by atoms with van der Waals surface area (Å²) in [7, 11) is 0. The van der Waals surface area contributed by atoms with E-state index in [9.17, 15) is 4.79 Å². The Morgan fingerprint density at radius 1 is 1.45 bits per heavy atom. The summed E-state index contributed by atoms with van der Waals surface area (Å²) >= 11 is 0. The SMILES string of the molecule is CC(=O)O.O=c1occo1.[LiH]. The molecular formula is C5H7LiO5. The van der Waals surface area contributed by atoms with Crippen LogP contribution in [0.15, 0.2) is 26.2 Å². The summed E-state index contributed by atoms with van der Waals surface area (Å²) in [6.45, 7) is 1.08. The predicted octanol–water partition coefficient (Wildman–Crippen LogP) is -0.325. The molecule has 0 aromatic carbocycles. The van der Waals surface area contributed by atoms with Crippen molar-refractivity contribution in [3.05, 3.63) is 23.1 Å². The van der Waals surface area contributed by atoms with Crippen molar-refractivity contribution in [3.8, 4) is 0 Å². The van der Waals surface area contributed by atoms with Crippen LogP contribution in [0.3, 0.4) is 0 Å². The molecule has 58 valence electrons. The van der Waals surface area contributed by atoms with Crippen LogP contribution in [-0.2, 0) is 4.79 Å². The molecule has 0 unspecified atom stereocenters. The van der Waals surface area contributed by atoms with Crippen LogP contribution in [0.1, 0.15) is 6.92 Å². The van der Waals surface area contributed by atoms with Crippen LogP contribution in [0.25, 0.3) is 0 Å². The van der Waals surface area contributed by atoms with Gasteiger partial charge in [0.2, 0.25) is 0 Å². The molecule has 1 rings (SSSR count). The summed E-state index contributed by atoms with van der Waals surface area (Å²) in [6.07, 6.45) is 2.37. The maximum atomic E-state index is 9.74. The molecule has 1 heterocycles. The molecule has 6 heteroatoms. The van der Waals surface area contributed by atoms with Gasteiger partial charge in [0, 0.05) is 6.92 Å². The fourth-order valence-corrected chi connectivity index (χ4v) is 0.194. The summed E-state index contributed by atoms with van der Waals surface area (Å²) in [5, 5.41) is 7.42. The Morgan fingerprint density at radius 2 is 1.73 bits per heavy atom. The monoisotopic (exact) mass is 154 g/mol. The van der Waals surface area contributed by atoms with Gasteiger partial charge < -0.3 is 13.9 Å². The molecular weight excluding hydrogens is 147 g/mol. The van der Waals surface area contributed by atoms with Crippen molar-refractivity contribution in [1.82, 2.24) is 0 Å². The summed E-state index contributed by atoms with van der Waals surface area (Å²) < 4.78 is 8.22. The molecule has 11 heavy (non-hydrogen) atoms. The second-order valence-electron chi connectivity index (χ2n) is 1.28. The number of hydrogen-bond acceptors (Lipinski definition) is 4. The van der Waals surface area contributed by atoms with E-state index in [0.29, 0.717) is 0 Å². The van der Waals surface area contributed by atoms with Crippen molar-refractivity contribution in [1.29, 1.82) is 0 Å². The van der Waals surface area contributed by atoms with Gasteiger partial charge in [0.25, 0.3) is 5.97 Å². The third kappa shape index (κ3) is 12.3. The number of carboxylic acid groups (broad SMARTS) is 1. The van der Waals surface area contributed by atoms with E-state index in [2.05, 4.69) is 8.83 Å². The second-order valence-corrected chi connectivity index (χ2v) is 1.28. The van der Waals surface area contributed by atoms with Gasteiger partial charge in [-0.3, -0.25) is 4.79 Å². The van der Waals surface area contributed by atoms with Crippen LogP contribution in [0.4, 0.5) is 0 Å². The third-order valence-electron chi connectivity index (χ3n) is 0.384. The number of carbonyl (C=O) groups is 1. The Bertz CT molecular complexity index is 216. The number of aliphatic carboxylic acids is 1. The minimum absolute atomic E-state index is 0. The number of hydrogen-bond donors (Lipinski definition) is 1. The molecule has 0 saturated carbocycles. The first-order chi connectivity index (χ1) is 4.63. The van der Waals surface area contributed by atoms with E-state index in [-0.39, 0.29) is 18.9 Å². The first-order valence-electron chi connectivity index (χ1n) is 2.34. The van der Waals surface area contributed by atoms with E-state index in [4.69, 9.17) is 9.90 Å². The zero-order chi connectivity index (χ0) is 7.98. The zero-order valence-electron chi connectivity index (χ0n) is 5.23. The Labute approximate surface area is 74.2 Å². The van der Waals surface area contributed by atoms with Gasteiger partial charge in [-0.2, -0.15) is 0 Å². The van der Waals surface area contributed by atoms with E-state index < -0.39 is 11.8 Å². The van der Waals surface area contributed by atoms with Crippen LogP contribution in [-0.4, -0.2) is 29.9 Å². The van der Waals surface area contributed by atoms with Gasteiger partial charge in [-0.05, 0) is 0 Å². The Balaban J connectivity index is 0. The Kier molecular flexibility index (Phi) is 8.32. The summed E-state index contributed by atoms with van der Waals surface area (Å²) in [5.41, 5.74) is 0. The molecule has 5 nitrogen and oxygen atoms in total.